The third kappa shape index (κ3) is 5.74. The molecule has 0 saturated carbocycles. The molecule has 0 aliphatic heterocycles. The molecule has 0 fully saturated rings. The molecular weight excluding hydrogens is 353 g/mol. The molecule has 0 amide bonds. The highest BCUT2D eigenvalue weighted by Crippen LogP contribution is 2.27. The van der Waals surface area contributed by atoms with Gasteiger partial charge in [0.2, 0.25) is 0 Å². The molecule has 0 aliphatic carbocycles. The maximum absolute atomic E-state index is 4.48. The van der Waals surface area contributed by atoms with E-state index in [2.05, 4.69) is 79.7 Å². The van der Waals surface area contributed by atoms with Crippen molar-refractivity contribution in [3.63, 3.8) is 0 Å². The predicted octanol–water partition coefficient (Wildman–Crippen LogP) is 5.30. The standard InChI is InChI=1S/C15H22INS/c1-14(2,3)12-7-6-9-17-13(12)8-10-18-11-15(4,5)16/h6-10H,11H2,1-5H3/b10-8+. The van der Waals surface area contributed by atoms with Crippen LogP contribution in [0.2, 0.25) is 0 Å². The van der Waals surface area contributed by atoms with Crippen LogP contribution in [0.15, 0.2) is 23.7 Å². The van der Waals surface area contributed by atoms with Crippen molar-refractivity contribution in [2.75, 3.05) is 5.75 Å². The summed E-state index contributed by atoms with van der Waals surface area (Å²) in [6.07, 6.45) is 4.00. The van der Waals surface area contributed by atoms with E-state index >= 15 is 0 Å². The van der Waals surface area contributed by atoms with E-state index in [1.807, 2.05) is 24.0 Å². The first-order chi connectivity index (χ1) is 8.20. The van der Waals surface area contributed by atoms with E-state index in [1.54, 1.807) is 0 Å². The molecule has 100 valence electrons. The number of hydrogen-bond acceptors (Lipinski definition) is 2. The fourth-order valence-corrected chi connectivity index (χ4v) is 2.80. The first-order valence-electron chi connectivity index (χ1n) is 6.13. The van der Waals surface area contributed by atoms with Gasteiger partial charge in [-0.25, -0.2) is 0 Å². The molecule has 0 spiro atoms. The molecular formula is C15H22INS. The lowest BCUT2D eigenvalue weighted by molar-refractivity contribution is 0.586. The summed E-state index contributed by atoms with van der Waals surface area (Å²) in [4.78, 5) is 4.48. The number of alkyl halides is 1. The Morgan fingerprint density at radius 2 is 1.94 bits per heavy atom. The van der Waals surface area contributed by atoms with Gasteiger partial charge in [-0.2, -0.15) is 0 Å². The van der Waals surface area contributed by atoms with Crippen LogP contribution in [-0.2, 0) is 5.41 Å². The molecule has 0 bridgehead atoms. The number of aromatic nitrogens is 1. The van der Waals surface area contributed by atoms with Crippen LogP contribution < -0.4 is 0 Å². The van der Waals surface area contributed by atoms with Crippen LogP contribution in [-0.4, -0.2) is 14.2 Å². The Labute approximate surface area is 129 Å². The smallest absolute Gasteiger partial charge is 0.0672 e. The maximum atomic E-state index is 4.48. The summed E-state index contributed by atoms with van der Waals surface area (Å²) in [6, 6.07) is 4.18. The molecule has 0 aliphatic rings. The van der Waals surface area contributed by atoms with Crippen LogP contribution in [0.5, 0.6) is 0 Å². The third-order valence-corrected chi connectivity index (χ3v) is 4.51. The van der Waals surface area contributed by atoms with Gasteiger partial charge in [0.05, 0.1) is 5.69 Å². The van der Waals surface area contributed by atoms with E-state index in [0.717, 1.165) is 11.4 Å². The highest BCUT2D eigenvalue weighted by molar-refractivity contribution is 14.1. The number of hydrogen-bond donors (Lipinski definition) is 0. The highest BCUT2D eigenvalue weighted by atomic mass is 127. The number of halogens is 1. The third-order valence-electron chi connectivity index (χ3n) is 2.40. The van der Waals surface area contributed by atoms with E-state index in [9.17, 15) is 0 Å². The van der Waals surface area contributed by atoms with Gasteiger partial charge in [0.1, 0.15) is 0 Å². The van der Waals surface area contributed by atoms with Crippen LogP contribution in [0.3, 0.4) is 0 Å². The Morgan fingerprint density at radius 1 is 1.28 bits per heavy atom. The van der Waals surface area contributed by atoms with E-state index < -0.39 is 0 Å². The zero-order valence-electron chi connectivity index (χ0n) is 11.8. The van der Waals surface area contributed by atoms with Gasteiger partial charge in [-0.1, -0.05) is 63.3 Å². The summed E-state index contributed by atoms with van der Waals surface area (Å²) >= 11 is 4.33. The Hall–Kier alpha value is -0.0300. The van der Waals surface area contributed by atoms with Crippen molar-refractivity contribution in [1.29, 1.82) is 0 Å². The van der Waals surface area contributed by atoms with Gasteiger partial charge in [-0.15, -0.1) is 11.8 Å². The SMILES string of the molecule is CC(C)(I)CS/C=C/c1ncccc1C(C)(C)C. The summed E-state index contributed by atoms with van der Waals surface area (Å²) < 4.78 is 0.337. The first kappa shape index (κ1) is 16.0. The second-order valence-electron chi connectivity index (χ2n) is 6.02. The first-order valence-corrected chi connectivity index (χ1v) is 8.25. The van der Waals surface area contributed by atoms with Gasteiger partial charge in [0, 0.05) is 15.4 Å². The average Bonchev–Trinajstić information content (AvgIpc) is 2.22. The molecule has 0 radical (unpaired) electrons. The molecule has 1 aromatic rings. The summed E-state index contributed by atoms with van der Waals surface area (Å²) in [5.41, 5.74) is 2.53. The van der Waals surface area contributed by atoms with E-state index in [1.165, 1.54) is 5.56 Å². The topological polar surface area (TPSA) is 12.9 Å². The maximum Gasteiger partial charge on any atom is 0.0672 e. The van der Waals surface area contributed by atoms with Gasteiger partial charge in [0.15, 0.2) is 0 Å². The Bertz CT molecular complexity index is 413. The normalized spacial score (nSPS) is 13.2. The van der Waals surface area contributed by atoms with Crippen LogP contribution in [0.4, 0.5) is 0 Å². The Morgan fingerprint density at radius 3 is 2.50 bits per heavy atom. The van der Waals surface area contributed by atoms with Crippen molar-refractivity contribution >= 4 is 40.4 Å². The van der Waals surface area contributed by atoms with E-state index in [4.69, 9.17) is 0 Å². The van der Waals surface area contributed by atoms with Crippen LogP contribution >= 0.6 is 34.4 Å². The monoisotopic (exact) mass is 375 g/mol. The van der Waals surface area contributed by atoms with Crippen molar-refractivity contribution in [3.8, 4) is 0 Å². The minimum atomic E-state index is 0.140. The molecule has 0 atom stereocenters. The largest absolute Gasteiger partial charge is 0.257 e. The lowest BCUT2D eigenvalue weighted by Gasteiger charge is -2.20. The molecule has 1 aromatic heterocycles. The van der Waals surface area contributed by atoms with Crippen LogP contribution in [0.1, 0.15) is 45.9 Å². The lowest BCUT2D eigenvalue weighted by Crippen LogP contribution is -2.13. The zero-order valence-corrected chi connectivity index (χ0v) is 14.8. The van der Waals surface area contributed by atoms with Crippen molar-refractivity contribution in [2.24, 2.45) is 0 Å². The lowest BCUT2D eigenvalue weighted by atomic mass is 9.86. The Balaban J connectivity index is 2.76. The highest BCUT2D eigenvalue weighted by Gasteiger charge is 2.17. The predicted molar refractivity (Wildman–Crippen MR) is 92.5 cm³/mol. The molecule has 0 saturated heterocycles. The van der Waals surface area contributed by atoms with E-state index in [-0.39, 0.29) is 5.41 Å². The van der Waals surface area contributed by atoms with E-state index in [0.29, 0.717) is 3.42 Å². The molecule has 1 heterocycles. The molecule has 1 rings (SSSR count). The number of pyridine rings is 1. The van der Waals surface area contributed by atoms with Crippen molar-refractivity contribution in [1.82, 2.24) is 4.98 Å². The number of nitrogens with zero attached hydrogens (tertiary/aromatic N) is 1. The van der Waals surface area contributed by atoms with Gasteiger partial charge in [-0.3, -0.25) is 4.98 Å². The van der Waals surface area contributed by atoms with Crippen molar-refractivity contribution < 1.29 is 0 Å². The summed E-state index contributed by atoms with van der Waals surface area (Å²) in [5.74, 6) is 1.11. The summed E-state index contributed by atoms with van der Waals surface area (Å²) in [7, 11) is 0. The molecule has 1 nitrogen and oxygen atoms in total. The summed E-state index contributed by atoms with van der Waals surface area (Å²) in [6.45, 7) is 11.2. The quantitative estimate of drug-likeness (QED) is 0.523. The second kappa shape index (κ2) is 6.42. The van der Waals surface area contributed by atoms with Crippen molar-refractivity contribution in [3.05, 3.63) is 35.0 Å². The number of rotatable bonds is 4. The molecule has 0 N–H and O–H groups in total. The second-order valence-corrected chi connectivity index (χ2v) is 9.83. The average molecular weight is 375 g/mol. The van der Waals surface area contributed by atoms with Gasteiger partial charge in [0.25, 0.3) is 0 Å². The molecule has 0 aromatic carbocycles. The van der Waals surface area contributed by atoms with Crippen molar-refractivity contribution in [2.45, 2.75) is 43.5 Å². The van der Waals surface area contributed by atoms with Gasteiger partial charge < -0.3 is 0 Å². The fourth-order valence-electron chi connectivity index (χ4n) is 1.54. The zero-order chi connectivity index (χ0) is 13.8. The van der Waals surface area contributed by atoms with Crippen LogP contribution in [0, 0.1) is 0 Å². The summed E-state index contributed by atoms with van der Waals surface area (Å²) in [5, 5.41) is 2.16. The van der Waals surface area contributed by atoms with Gasteiger partial charge in [-0.05, 0) is 28.5 Å². The molecule has 18 heavy (non-hydrogen) atoms. The van der Waals surface area contributed by atoms with Crippen LogP contribution in [0.25, 0.3) is 6.08 Å². The minimum Gasteiger partial charge on any atom is -0.257 e. The number of thioether (sulfide) groups is 1. The molecule has 3 heteroatoms. The fraction of sp³-hybridized carbons (Fsp3) is 0.533. The Kier molecular flexibility index (Phi) is 5.71. The minimum absolute atomic E-state index is 0.140. The van der Waals surface area contributed by atoms with Gasteiger partial charge >= 0.3 is 0 Å². The molecule has 0 unspecified atom stereocenters.